The molecule has 1 rings (SSSR count). The average Bonchev–Trinajstić information content (AvgIpc) is 2.41. The van der Waals surface area contributed by atoms with E-state index in [1.54, 1.807) is 4.90 Å². The van der Waals surface area contributed by atoms with Gasteiger partial charge in [-0.3, -0.25) is 4.79 Å². The highest BCUT2D eigenvalue weighted by atomic mass is 16.4. The van der Waals surface area contributed by atoms with Crippen molar-refractivity contribution in [3.05, 3.63) is 35.4 Å². The van der Waals surface area contributed by atoms with Crippen molar-refractivity contribution in [2.75, 3.05) is 13.1 Å². The monoisotopic (exact) mass is 277 g/mol. The molecule has 0 unspecified atom stereocenters. The van der Waals surface area contributed by atoms with Crippen molar-refractivity contribution in [3.63, 3.8) is 0 Å². The van der Waals surface area contributed by atoms with E-state index in [9.17, 15) is 4.79 Å². The molecule has 0 bridgehead atoms. The summed E-state index contributed by atoms with van der Waals surface area (Å²) in [5.41, 5.74) is 7.20. The third kappa shape index (κ3) is 4.91. The van der Waals surface area contributed by atoms with Crippen LogP contribution in [0.3, 0.4) is 0 Å². The van der Waals surface area contributed by atoms with Crippen molar-refractivity contribution in [1.82, 2.24) is 4.90 Å². The van der Waals surface area contributed by atoms with Crippen LogP contribution in [0.4, 0.5) is 0 Å². The molecule has 5 nitrogen and oxygen atoms in total. The maximum Gasteiger partial charge on any atom is 0.253 e. The topological polar surface area (TPSA) is 78.9 Å². The quantitative estimate of drug-likeness (QED) is 0.362. The van der Waals surface area contributed by atoms with Crippen LogP contribution in [-0.2, 0) is 0 Å². The SMILES string of the molecule is Cc1cccc(C(=O)N(CCC(N)=NO)CC(C)C)c1. The molecule has 0 saturated heterocycles. The Morgan fingerprint density at radius 1 is 1.45 bits per heavy atom. The Morgan fingerprint density at radius 3 is 2.70 bits per heavy atom. The lowest BCUT2D eigenvalue weighted by atomic mass is 10.1. The molecular weight excluding hydrogens is 254 g/mol. The normalized spacial score (nSPS) is 11.7. The van der Waals surface area contributed by atoms with E-state index in [0.29, 0.717) is 31.0 Å². The molecule has 20 heavy (non-hydrogen) atoms. The lowest BCUT2D eigenvalue weighted by Crippen LogP contribution is -2.36. The van der Waals surface area contributed by atoms with Gasteiger partial charge in [0.2, 0.25) is 0 Å². The van der Waals surface area contributed by atoms with E-state index in [0.717, 1.165) is 5.56 Å². The molecule has 1 aromatic rings. The van der Waals surface area contributed by atoms with Crippen molar-refractivity contribution in [3.8, 4) is 0 Å². The van der Waals surface area contributed by atoms with Gasteiger partial charge in [0.05, 0.1) is 0 Å². The van der Waals surface area contributed by atoms with Crippen LogP contribution in [0.2, 0.25) is 0 Å². The number of carbonyl (C=O) groups excluding carboxylic acids is 1. The molecular formula is C15H23N3O2. The van der Waals surface area contributed by atoms with Crippen molar-refractivity contribution in [2.24, 2.45) is 16.8 Å². The van der Waals surface area contributed by atoms with Crippen molar-refractivity contribution in [1.29, 1.82) is 0 Å². The Bertz CT molecular complexity index is 484. The van der Waals surface area contributed by atoms with Gasteiger partial charge < -0.3 is 15.8 Å². The van der Waals surface area contributed by atoms with Gasteiger partial charge in [-0.2, -0.15) is 0 Å². The fourth-order valence-electron chi connectivity index (χ4n) is 1.98. The standard InChI is InChI=1S/C15H23N3O2/c1-11(2)10-18(8-7-14(16)17-20)15(19)13-6-4-5-12(3)9-13/h4-6,9,11,20H,7-8,10H2,1-3H3,(H2,16,17). The van der Waals surface area contributed by atoms with E-state index in [-0.39, 0.29) is 11.7 Å². The minimum absolute atomic E-state index is 0.0202. The second kappa shape index (κ2) is 7.53. The maximum atomic E-state index is 12.5. The number of amides is 1. The minimum atomic E-state index is -0.0202. The maximum absolute atomic E-state index is 12.5. The Labute approximate surface area is 120 Å². The Kier molecular flexibility index (Phi) is 6.03. The van der Waals surface area contributed by atoms with Gasteiger partial charge in [0.25, 0.3) is 5.91 Å². The first kappa shape index (κ1) is 16.0. The largest absolute Gasteiger partial charge is 0.409 e. The van der Waals surface area contributed by atoms with Crippen molar-refractivity contribution in [2.45, 2.75) is 27.2 Å². The molecule has 110 valence electrons. The first-order valence-corrected chi connectivity index (χ1v) is 6.76. The van der Waals surface area contributed by atoms with E-state index in [1.165, 1.54) is 0 Å². The van der Waals surface area contributed by atoms with Crippen LogP contribution in [0, 0.1) is 12.8 Å². The fraction of sp³-hybridized carbons (Fsp3) is 0.467. The van der Waals surface area contributed by atoms with Crippen LogP contribution in [0.1, 0.15) is 36.2 Å². The van der Waals surface area contributed by atoms with Crippen LogP contribution >= 0.6 is 0 Å². The summed E-state index contributed by atoms with van der Waals surface area (Å²) in [6.07, 6.45) is 0.362. The van der Waals surface area contributed by atoms with Gasteiger partial charge in [-0.25, -0.2) is 0 Å². The van der Waals surface area contributed by atoms with Crippen molar-refractivity contribution >= 4 is 11.7 Å². The molecule has 1 aromatic carbocycles. The summed E-state index contributed by atoms with van der Waals surface area (Å²) in [6.45, 7) is 7.16. The van der Waals surface area contributed by atoms with E-state index in [2.05, 4.69) is 19.0 Å². The predicted molar refractivity (Wildman–Crippen MR) is 79.9 cm³/mol. The van der Waals surface area contributed by atoms with Crippen LogP contribution in [-0.4, -0.2) is 34.9 Å². The van der Waals surface area contributed by atoms with Crippen molar-refractivity contribution < 1.29 is 10.0 Å². The van der Waals surface area contributed by atoms with E-state index < -0.39 is 0 Å². The highest BCUT2D eigenvalue weighted by Gasteiger charge is 2.17. The predicted octanol–water partition coefficient (Wildman–Crippen LogP) is 2.23. The molecule has 0 aliphatic rings. The molecule has 0 spiro atoms. The summed E-state index contributed by atoms with van der Waals surface area (Å²) in [5.74, 6) is 0.472. The fourth-order valence-corrected chi connectivity index (χ4v) is 1.98. The van der Waals surface area contributed by atoms with Gasteiger partial charge in [0.15, 0.2) is 0 Å². The van der Waals surface area contributed by atoms with E-state index in [1.807, 2.05) is 31.2 Å². The molecule has 0 heterocycles. The lowest BCUT2D eigenvalue weighted by molar-refractivity contribution is 0.0740. The molecule has 0 saturated carbocycles. The number of carbonyl (C=O) groups is 1. The Hall–Kier alpha value is -2.04. The third-order valence-electron chi connectivity index (χ3n) is 2.90. The minimum Gasteiger partial charge on any atom is -0.409 e. The number of oxime groups is 1. The molecule has 0 fully saturated rings. The zero-order chi connectivity index (χ0) is 15.1. The third-order valence-corrected chi connectivity index (χ3v) is 2.90. The molecule has 0 radical (unpaired) electrons. The summed E-state index contributed by atoms with van der Waals surface area (Å²) < 4.78 is 0. The average molecular weight is 277 g/mol. The Balaban J connectivity index is 2.84. The van der Waals surface area contributed by atoms with E-state index >= 15 is 0 Å². The summed E-state index contributed by atoms with van der Waals surface area (Å²) in [7, 11) is 0. The first-order chi connectivity index (χ1) is 9.43. The molecule has 0 aliphatic heterocycles. The van der Waals surface area contributed by atoms with Crippen LogP contribution in [0.25, 0.3) is 0 Å². The number of nitrogens with zero attached hydrogens (tertiary/aromatic N) is 2. The molecule has 0 atom stereocenters. The first-order valence-electron chi connectivity index (χ1n) is 6.76. The number of aryl methyl sites for hydroxylation is 1. The van der Waals surface area contributed by atoms with Gasteiger partial charge in [0, 0.05) is 25.1 Å². The number of hydrogen-bond acceptors (Lipinski definition) is 3. The number of benzene rings is 1. The zero-order valence-electron chi connectivity index (χ0n) is 12.3. The second-order valence-electron chi connectivity index (χ2n) is 5.36. The van der Waals surface area contributed by atoms with Gasteiger partial charge >= 0.3 is 0 Å². The number of amidine groups is 1. The number of nitrogens with two attached hydrogens (primary N) is 1. The van der Waals surface area contributed by atoms with Crippen LogP contribution in [0.5, 0.6) is 0 Å². The summed E-state index contributed by atoms with van der Waals surface area (Å²) >= 11 is 0. The lowest BCUT2D eigenvalue weighted by Gasteiger charge is -2.24. The molecule has 5 heteroatoms. The highest BCUT2D eigenvalue weighted by Crippen LogP contribution is 2.10. The second-order valence-corrected chi connectivity index (χ2v) is 5.36. The zero-order valence-corrected chi connectivity index (χ0v) is 12.3. The molecule has 0 aliphatic carbocycles. The number of hydrogen-bond donors (Lipinski definition) is 2. The highest BCUT2D eigenvalue weighted by molar-refractivity contribution is 5.94. The molecule has 0 aromatic heterocycles. The summed E-state index contributed by atoms with van der Waals surface area (Å²) in [6, 6.07) is 7.52. The van der Waals surface area contributed by atoms with E-state index in [4.69, 9.17) is 10.9 Å². The summed E-state index contributed by atoms with van der Waals surface area (Å²) in [5, 5.41) is 11.5. The van der Waals surface area contributed by atoms with Gasteiger partial charge in [-0.15, -0.1) is 0 Å². The smallest absolute Gasteiger partial charge is 0.253 e. The Morgan fingerprint density at radius 2 is 2.15 bits per heavy atom. The van der Waals surface area contributed by atoms with Gasteiger partial charge in [-0.1, -0.05) is 36.7 Å². The van der Waals surface area contributed by atoms with Gasteiger partial charge in [-0.05, 0) is 25.0 Å². The van der Waals surface area contributed by atoms with Crippen LogP contribution < -0.4 is 5.73 Å². The molecule has 3 N–H and O–H groups in total. The number of rotatable bonds is 6. The molecule has 1 amide bonds. The van der Waals surface area contributed by atoms with Gasteiger partial charge in [0.1, 0.15) is 5.84 Å². The summed E-state index contributed by atoms with van der Waals surface area (Å²) in [4.78, 5) is 14.3. The van der Waals surface area contributed by atoms with Crippen LogP contribution in [0.15, 0.2) is 29.4 Å².